The number of amides is 2. The van der Waals surface area contributed by atoms with Gasteiger partial charge in [-0.05, 0) is 62.6 Å². The Labute approximate surface area is 152 Å². The summed E-state index contributed by atoms with van der Waals surface area (Å²) in [6, 6.07) is 4.16. The fourth-order valence-corrected chi connectivity index (χ4v) is 4.65. The summed E-state index contributed by atoms with van der Waals surface area (Å²) >= 11 is 0.926. The van der Waals surface area contributed by atoms with Crippen molar-refractivity contribution in [2.45, 2.75) is 45.6 Å². The van der Waals surface area contributed by atoms with E-state index in [0.29, 0.717) is 16.6 Å². The smallest absolute Gasteiger partial charge is 0.290 e. The van der Waals surface area contributed by atoms with Gasteiger partial charge in [0.25, 0.3) is 11.1 Å². The van der Waals surface area contributed by atoms with Crippen LogP contribution in [0.2, 0.25) is 0 Å². The summed E-state index contributed by atoms with van der Waals surface area (Å²) in [6.45, 7) is 9.85. The van der Waals surface area contributed by atoms with Crippen molar-refractivity contribution in [3.63, 3.8) is 0 Å². The monoisotopic (exact) mass is 360 g/mol. The molecule has 1 aromatic carbocycles. The number of nitrogens with zero attached hydrogens (tertiary/aromatic N) is 1. The Kier molecular flexibility index (Phi) is 4.58. The van der Waals surface area contributed by atoms with Crippen LogP contribution in [0.15, 0.2) is 17.0 Å². The van der Waals surface area contributed by atoms with E-state index < -0.39 is 0 Å². The highest BCUT2D eigenvalue weighted by Gasteiger charge is 2.36. The molecule has 2 amide bonds. The number of benzene rings is 1. The predicted octanol–water partition coefficient (Wildman–Crippen LogP) is 4.13. The van der Waals surface area contributed by atoms with Crippen LogP contribution in [0, 0.1) is 0 Å². The molecule has 5 nitrogen and oxygen atoms in total. The Bertz CT molecular complexity index is 770. The average Bonchev–Trinajstić information content (AvgIpc) is 2.84. The van der Waals surface area contributed by atoms with Gasteiger partial charge in [-0.1, -0.05) is 6.92 Å². The first kappa shape index (κ1) is 17.9. The molecule has 1 N–H and O–H groups in total. The van der Waals surface area contributed by atoms with Crippen molar-refractivity contribution in [1.82, 2.24) is 5.32 Å². The van der Waals surface area contributed by atoms with Crippen molar-refractivity contribution in [2.24, 2.45) is 0 Å². The lowest BCUT2D eigenvalue weighted by molar-refractivity contribution is -0.115. The van der Waals surface area contributed by atoms with Crippen LogP contribution in [0.5, 0.6) is 5.75 Å². The second-order valence-electron chi connectivity index (χ2n) is 7.17. The largest absolute Gasteiger partial charge is 0.496 e. The standard InChI is InChI=1S/C19H24N2O3S/c1-6-21-14-9-15(24-5)12(8-16-17(22)20-18(23)25-16)7-13(14)11(2)10-19(21,3)4/h7-9,11H,6,10H2,1-5H3,(H,20,22,23)/b16-8-. The van der Waals surface area contributed by atoms with Gasteiger partial charge in [-0.15, -0.1) is 0 Å². The van der Waals surface area contributed by atoms with Crippen molar-refractivity contribution in [1.29, 1.82) is 0 Å². The number of carbonyl (C=O) groups excluding carboxylic acids is 2. The molecule has 25 heavy (non-hydrogen) atoms. The molecule has 0 radical (unpaired) electrons. The first-order chi connectivity index (χ1) is 11.8. The zero-order valence-electron chi connectivity index (χ0n) is 15.3. The van der Waals surface area contributed by atoms with Gasteiger partial charge in [0, 0.05) is 29.4 Å². The highest BCUT2D eigenvalue weighted by molar-refractivity contribution is 8.18. The molecule has 1 saturated heterocycles. The second kappa shape index (κ2) is 6.41. The van der Waals surface area contributed by atoms with E-state index in [9.17, 15) is 9.59 Å². The molecule has 1 unspecified atom stereocenters. The molecule has 2 aliphatic rings. The molecule has 6 heteroatoms. The first-order valence-electron chi connectivity index (χ1n) is 8.51. The van der Waals surface area contributed by atoms with Gasteiger partial charge in [0.1, 0.15) is 5.75 Å². The lowest BCUT2D eigenvalue weighted by atomic mass is 9.79. The highest BCUT2D eigenvalue weighted by atomic mass is 32.2. The van der Waals surface area contributed by atoms with E-state index in [1.165, 1.54) is 11.3 Å². The Balaban J connectivity index is 2.12. The van der Waals surface area contributed by atoms with Gasteiger partial charge in [0.05, 0.1) is 12.0 Å². The van der Waals surface area contributed by atoms with E-state index in [4.69, 9.17) is 4.74 Å². The number of imide groups is 1. The Morgan fingerprint density at radius 1 is 1.40 bits per heavy atom. The molecule has 0 saturated carbocycles. The molecule has 1 aromatic rings. The molecule has 0 bridgehead atoms. The maximum atomic E-state index is 11.9. The molecular formula is C19H24N2O3S. The number of anilines is 1. The first-order valence-corrected chi connectivity index (χ1v) is 9.33. The molecular weight excluding hydrogens is 336 g/mol. The maximum absolute atomic E-state index is 11.9. The molecule has 2 aliphatic heterocycles. The summed E-state index contributed by atoms with van der Waals surface area (Å²) in [6.07, 6.45) is 2.80. The van der Waals surface area contributed by atoms with E-state index in [1.54, 1.807) is 13.2 Å². The van der Waals surface area contributed by atoms with Crippen LogP contribution in [0.4, 0.5) is 10.5 Å². The summed E-state index contributed by atoms with van der Waals surface area (Å²) in [5, 5.41) is 1.96. The number of ether oxygens (including phenoxy) is 1. The lowest BCUT2D eigenvalue weighted by Gasteiger charge is -2.47. The summed E-state index contributed by atoms with van der Waals surface area (Å²) in [7, 11) is 1.63. The van der Waals surface area contributed by atoms with Crippen LogP contribution in [-0.4, -0.2) is 30.3 Å². The minimum Gasteiger partial charge on any atom is -0.496 e. The molecule has 0 aromatic heterocycles. The Morgan fingerprint density at radius 2 is 2.12 bits per heavy atom. The number of hydrogen-bond acceptors (Lipinski definition) is 5. The van der Waals surface area contributed by atoms with Crippen molar-refractivity contribution >= 4 is 34.7 Å². The molecule has 3 rings (SSSR count). The fraction of sp³-hybridized carbons (Fsp3) is 0.474. The third-order valence-electron chi connectivity index (χ3n) is 4.98. The van der Waals surface area contributed by atoms with Gasteiger partial charge in [-0.2, -0.15) is 0 Å². The average molecular weight is 360 g/mol. The minimum absolute atomic E-state index is 0.0831. The second-order valence-corrected chi connectivity index (χ2v) is 8.18. The van der Waals surface area contributed by atoms with Crippen LogP contribution < -0.4 is 15.0 Å². The Morgan fingerprint density at radius 3 is 2.68 bits per heavy atom. The predicted molar refractivity (Wildman–Crippen MR) is 102 cm³/mol. The van der Waals surface area contributed by atoms with E-state index in [0.717, 1.165) is 30.3 Å². The van der Waals surface area contributed by atoms with Gasteiger partial charge in [-0.3, -0.25) is 14.9 Å². The van der Waals surface area contributed by atoms with Crippen molar-refractivity contribution in [3.8, 4) is 5.75 Å². The number of carbonyl (C=O) groups is 2. The number of methoxy groups -OCH3 is 1. The summed E-state index contributed by atoms with van der Waals surface area (Å²) in [5.41, 5.74) is 3.35. The summed E-state index contributed by atoms with van der Waals surface area (Å²) in [5.74, 6) is 0.768. The van der Waals surface area contributed by atoms with E-state index in [-0.39, 0.29) is 16.7 Å². The molecule has 2 heterocycles. The van der Waals surface area contributed by atoms with Crippen molar-refractivity contribution < 1.29 is 14.3 Å². The van der Waals surface area contributed by atoms with E-state index in [2.05, 4.69) is 50.0 Å². The van der Waals surface area contributed by atoms with Gasteiger partial charge < -0.3 is 9.64 Å². The van der Waals surface area contributed by atoms with Crippen molar-refractivity contribution in [3.05, 3.63) is 28.2 Å². The third kappa shape index (κ3) is 3.15. The number of nitrogens with one attached hydrogen (secondary N) is 1. The molecule has 1 fully saturated rings. The molecule has 0 aliphatic carbocycles. The minimum atomic E-state index is -0.348. The quantitative estimate of drug-likeness (QED) is 0.821. The van der Waals surface area contributed by atoms with Crippen LogP contribution in [0.3, 0.4) is 0 Å². The highest BCUT2D eigenvalue weighted by Crippen LogP contribution is 2.46. The van der Waals surface area contributed by atoms with Gasteiger partial charge in [0.15, 0.2) is 0 Å². The number of fused-ring (bicyclic) bond motifs is 1. The molecule has 0 spiro atoms. The van der Waals surface area contributed by atoms with Crippen molar-refractivity contribution in [2.75, 3.05) is 18.6 Å². The molecule has 1 atom stereocenters. The SMILES string of the molecule is CCN1c2cc(OC)c(/C=C3\SC(=O)NC3=O)cc2C(C)CC1(C)C. The summed E-state index contributed by atoms with van der Waals surface area (Å²) in [4.78, 5) is 26.1. The van der Waals surface area contributed by atoms with Crippen LogP contribution in [0.1, 0.15) is 51.2 Å². The topological polar surface area (TPSA) is 58.6 Å². The van der Waals surface area contributed by atoms with E-state index >= 15 is 0 Å². The summed E-state index contributed by atoms with van der Waals surface area (Å²) < 4.78 is 5.58. The third-order valence-corrected chi connectivity index (χ3v) is 5.79. The van der Waals surface area contributed by atoms with Crippen LogP contribution in [0.25, 0.3) is 6.08 Å². The van der Waals surface area contributed by atoms with Crippen LogP contribution >= 0.6 is 11.8 Å². The zero-order chi connectivity index (χ0) is 18.4. The fourth-order valence-electron chi connectivity index (χ4n) is 3.98. The Hall–Kier alpha value is -1.95. The van der Waals surface area contributed by atoms with Crippen LogP contribution in [-0.2, 0) is 4.79 Å². The lowest BCUT2D eigenvalue weighted by Crippen LogP contribution is -2.48. The van der Waals surface area contributed by atoms with E-state index in [1.807, 2.05) is 0 Å². The maximum Gasteiger partial charge on any atom is 0.290 e. The number of rotatable bonds is 3. The molecule has 134 valence electrons. The van der Waals surface area contributed by atoms with Gasteiger partial charge in [-0.25, -0.2) is 0 Å². The number of hydrogen-bond donors (Lipinski definition) is 1. The van der Waals surface area contributed by atoms with Gasteiger partial charge >= 0.3 is 0 Å². The normalized spacial score (nSPS) is 23.6. The van der Waals surface area contributed by atoms with Gasteiger partial charge in [0.2, 0.25) is 0 Å². The zero-order valence-corrected chi connectivity index (χ0v) is 16.1. The number of thioether (sulfide) groups is 1.